The van der Waals surface area contributed by atoms with Gasteiger partial charge in [-0.25, -0.2) is 23.7 Å². The number of nitrogens with one attached hydrogen (secondary N) is 2. The smallest absolute Gasteiger partial charge is 0.261 e. The summed E-state index contributed by atoms with van der Waals surface area (Å²) in [4.78, 5) is 31.8. The maximum atomic E-state index is 14.3. The summed E-state index contributed by atoms with van der Waals surface area (Å²) in [5.41, 5.74) is 5.12. The van der Waals surface area contributed by atoms with E-state index in [0.717, 1.165) is 49.4 Å². The highest BCUT2D eigenvalue weighted by molar-refractivity contribution is 6.05. The van der Waals surface area contributed by atoms with Crippen LogP contribution in [0.15, 0.2) is 103 Å². The number of carbonyl (C=O) groups is 1. The predicted molar refractivity (Wildman–Crippen MR) is 185 cm³/mol. The van der Waals surface area contributed by atoms with Crippen molar-refractivity contribution in [1.82, 2.24) is 24.3 Å². The number of amides is 1. The van der Waals surface area contributed by atoms with Crippen molar-refractivity contribution in [3.05, 3.63) is 121 Å². The van der Waals surface area contributed by atoms with Crippen molar-refractivity contribution in [1.29, 1.82) is 0 Å². The monoisotopic (exact) mass is 644 g/mol. The Balaban J connectivity index is 1.15. The topological polar surface area (TPSA) is 90.7 Å². The molecular weight excluding hydrogens is 610 g/mol. The van der Waals surface area contributed by atoms with E-state index in [-0.39, 0.29) is 0 Å². The molecule has 2 N–H and O–H groups in total. The van der Waals surface area contributed by atoms with Crippen molar-refractivity contribution in [3.63, 3.8) is 0 Å². The quantitative estimate of drug-likeness (QED) is 0.180. The van der Waals surface area contributed by atoms with Crippen LogP contribution in [0.5, 0.6) is 0 Å². The van der Waals surface area contributed by atoms with Crippen molar-refractivity contribution in [2.45, 2.75) is 18.9 Å². The van der Waals surface area contributed by atoms with Crippen LogP contribution in [-0.4, -0.2) is 63.4 Å². The average Bonchev–Trinajstić information content (AvgIpc) is 3.49. The van der Waals surface area contributed by atoms with E-state index in [2.05, 4.69) is 51.6 Å². The van der Waals surface area contributed by atoms with Crippen LogP contribution in [0.4, 0.5) is 31.8 Å². The Morgan fingerprint density at radius 1 is 0.854 bits per heavy atom. The standard InChI is InChI=1S/C37H34F2N8O/c1-45(2)27-17-21-46(22-18-27)28-14-12-25(13-15-28)42-37-40-19-16-31(43-37)35-34(44-32-11-3-4-20-47(32)35)24-7-5-8-26(23-24)41-36(48)33-29(38)9-6-10-30(33)39/h3-16,19-20,23,27H,17-18,21-22H2,1-2H3,(H,41,48)(H,40,42,43). The average molecular weight is 645 g/mol. The molecule has 0 atom stereocenters. The van der Waals surface area contributed by atoms with E-state index < -0.39 is 23.1 Å². The van der Waals surface area contributed by atoms with Crippen molar-refractivity contribution >= 4 is 34.6 Å². The normalized spacial score (nSPS) is 13.6. The van der Waals surface area contributed by atoms with Gasteiger partial charge in [-0.1, -0.05) is 24.3 Å². The highest BCUT2D eigenvalue weighted by Crippen LogP contribution is 2.34. The van der Waals surface area contributed by atoms with E-state index in [0.29, 0.717) is 40.3 Å². The third-order valence-electron chi connectivity index (χ3n) is 8.70. The molecule has 0 radical (unpaired) electrons. The fourth-order valence-corrected chi connectivity index (χ4v) is 6.17. The van der Waals surface area contributed by atoms with Gasteiger partial charge in [0.05, 0.1) is 17.1 Å². The lowest BCUT2D eigenvalue weighted by Gasteiger charge is -2.36. The van der Waals surface area contributed by atoms with Gasteiger partial charge in [-0.15, -0.1) is 0 Å². The summed E-state index contributed by atoms with van der Waals surface area (Å²) in [6, 6.07) is 26.8. The Bertz CT molecular complexity index is 2070. The SMILES string of the molecule is CN(C)C1CCN(c2ccc(Nc3nccc(-c4c(-c5cccc(NC(=O)c6c(F)cccc6F)c5)nc5ccccn45)n3)cc2)CC1. The Morgan fingerprint density at radius 3 is 2.35 bits per heavy atom. The number of anilines is 4. The van der Waals surface area contributed by atoms with Gasteiger partial charge in [0, 0.05) is 54.2 Å². The van der Waals surface area contributed by atoms with Gasteiger partial charge in [-0.2, -0.15) is 0 Å². The molecule has 3 aromatic carbocycles. The number of pyridine rings is 1. The maximum absolute atomic E-state index is 14.3. The van der Waals surface area contributed by atoms with E-state index in [1.165, 1.54) is 11.8 Å². The fourth-order valence-electron chi connectivity index (χ4n) is 6.17. The van der Waals surface area contributed by atoms with Crippen molar-refractivity contribution in [3.8, 4) is 22.6 Å². The third-order valence-corrected chi connectivity index (χ3v) is 8.70. The van der Waals surface area contributed by atoms with E-state index in [1.807, 2.05) is 53.1 Å². The van der Waals surface area contributed by atoms with E-state index in [4.69, 9.17) is 9.97 Å². The second-order valence-corrected chi connectivity index (χ2v) is 12.0. The molecule has 1 aliphatic heterocycles. The second kappa shape index (κ2) is 13.2. The molecule has 3 aromatic heterocycles. The lowest BCUT2D eigenvalue weighted by atomic mass is 10.0. The van der Waals surface area contributed by atoms with Crippen molar-refractivity contribution < 1.29 is 13.6 Å². The van der Waals surface area contributed by atoms with Crippen molar-refractivity contribution in [2.75, 3.05) is 42.7 Å². The lowest BCUT2D eigenvalue weighted by Crippen LogP contribution is -2.41. The Morgan fingerprint density at radius 2 is 1.60 bits per heavy atom. The molecule has 6 aromatic rings. The van der Waals surface area contributed by atoms with Gasteiger partial charge < -0.3 is 20.4 Å². The number of rotatable bonds is 8. The number of hydrogen-bond donors (Lipinski definition) is 2. The molecule has 7 rings (SSSR count). The molecule has 4 heterocycles. The number of fused-ring (bicyclic) bond motifs is 1. The summed E-state index contributed by atoms with van der Waals surface area (Å²) >= 11 is 0. The van der Waals surface area contributed by atoms with E-state index in [9.17, 15) is 13.6 Å². The van der Waals surface area contributed by atoms with Crippen LogP contribution in [0.1, 0.15) is 23.2 Å². The van der Waals surface area contributed by atoms with Gasteiger partial charge in [-0.3, -0.25) is 9.20 Å². The van der Waals surface area contributed by atoms with Crippen LogP contribution >= 0.6 is 0 Å². The van der Waals surface area contributed by atoms with Crippen LogP contribution in [-0.2, 0) is 0 Å². The molecule has 11 heteroatoms. The molecule has 0 aliphatic carbocycles. The Kier molecular flexibility index (Phi) is 8.51. The van der Waals surface area contributed by atoms with Crippen molar-refractivity contribution in [2.24, 2.45) is 0 Å². The number of aromatic nitrogens is 4. The molecule has 1 aliphatic rings. The molecule has 48 heavy (non-hydrogen) atoms. The number of carbonyl (C=O) groups excluding carboxylic acids is 1. The molecule has 0 saturated carbocycles. The Hall–Kier alpha value is -5.68. The van der Waals surface area contributed by atoms with Crippen LogP contribution < -0.4 is 15.5 Å². The molecule has 0 unspecified atom stereocenters. The number of hydrogen-bond acceptors (Lipinski definition) is 7. The summed E-state index contributed by atoms with van der Waals surface area (Å²) in [6.07, 6.45) is 5.89. The highest BCUT2D eigenvalue weighted by Gasteiger charge is 2.22. The summed E-state index contributed by atoms with van der Waals surface area (Å²) in [5, 5.41) is 5.95. The largest absolute Gasteiger partial charge is 0.371 e. The molecule has 0 bridgehead atoms. The first-order valence-corrected chi connectivity index (χ1v) is 15.8. The fraction of sp³-hybridized carbons (Fsp3) is 0.189. The molecular formula is C37H34F2N8O. The maximum Gasteiger partial charge on any atom is 0.261 e. The minimum absolute atomic E-state index is 0.360. The molecule has 1 fully saturated rings. The summed E-state index contributed by atoms with van der Waals surface area (Å²) in [5.74, 6) is -2.32. The molecule has 1 amide bonds. The van der Waals surface area contributed by atoms with E-state index >= 15 is 0 Å². The van der Waals surface area contributed by atoms with Crippen LogP contribution in [0.3, 0.4) is 0 Å². The van der Waals surface area contributed by atoms with Gasteiger partial charge in [0.1, 0.15) is 22.8 Å². The lowest BCUT2D eigenvalue weighted by molar-refractivity contribution is 0.101. The summed E-state index contributed by atoms with van der Waals surface area (Å²) < 4.78 is 30.5. The molecule has 0 spiro atoms. The van der Waals surface area contributed by atoms with E-state index in [1.54, 1.807) is 24.4 Å². The molecule has 1 saturated heterocycles. The highest BCUT2D eigenvalue weighted by atomic mass is 19.1. The number of nitrogens with zero attached hydrogens (tertiary/aromatic N) is 6. The first kappa shape index (κ1) is 30.9. The second-order valence-electron chi connectivity index (χ2n) is 12.0. The Labute approximate surface area is 276 Å². The number of imidazole rings is 1. The third kappa shape index (κ3) is 6.32. The minimum atomic E-state index is -0.935. The predicted octanol–water partition coefficient (Wildman–Crippen LogP) is 7.26. The number of halogens is 2. The number of benzene rings is 3. The minimum Gasteiger partial charge on any atom is -0.371 e. The van der Waals surface area contributed by atoms with Gasteiger partial charge in [0.2, 0.25) is 5.95 Å². The van der Waals surface area contributed by atoms with Gasteiger partial charge >= 0.3 is 0 Å². The molecule has 9 nitrogen and oxygen atoms in total. The first-order valence-electron chi connectivity index (χ1n) is 15.8. The zero-order valence-corrected chi connectivity index (χ0v) is 26.6. The first-order chi connectivity index (χ1) is 23.3. The van der Waals surface area contributed by atoms with Crippen LogP contribution in [0.25, 0.3) is 28.3 Å². The zero-order chi connectivity index (χ0) is 33.2. The van der Waals surface area contributed by atoms with Crippen LogP contribution in [0.2, 0.25) is 0 Å². The summed E-state index contributed by atoms with van der Waals surface area (Å²) in [6.45, 7) is 2.06. The zero-order valence-electron chi connectivity index (χ0n) is 26.6. The summed E-state index contributed by atoms with van der Waals surface area (Å²) in [7, 11) is 4.30. The van der Waals surface area contributed by atoms with Gasteiger partial charge in [0.15, 0.2) is 0 Å². The molecule has 242 valence electrons. The van der Waals surface area contributed by atoms with Crippen LogP contribution in [0, 0.1) is 11.6 Å². The number of piperidine rings is 1. The van der Waals surface area contributed by atoms with Gasteiger partial charge in [-0.05, 0) is 93.7 Å². The van der Waals surface area contributed by atoms with Gasteiger partial charge in [0.25, 0.3) is 5.91 Å².